The zero-order valence-electron chi connectivity index (χ0n) is 8.88. The van der Waals surface area contributed by atoms with E-state index in [9.17, 15) is 13.2 Å². The minimum absolute atomic E-state index is 0.165. The van der Waals surface area contributed by atoms with E-state index < -0.39 is 11.7 Å². The van der Waals surface area contributed by atoms with Gasteiger partial charge in [0.2, 0.25) is 0 Å². The minimum Gasteiger partial charge on any atom is -0.240 e. The molecule has 0 amide bonds. The molecule has 18 heavy (non-hydrogen) atoms. The van der Waals surface area contributed by atoms with Crippen LogP contribution in [0.3, 0.4) is 0 Å². The summed E-state index contributed by atoms with van der Waals surface area (Å²) in [4.78, 5) is 0. The second-order valence-corrected chi connectivity index (χ2v) is 5.38. The van der Waals surface area contributed by atoms with Crippen LogP contribution in [0.2, 0.25) is 0 Å². The van der Waals surface area contributed by atoms with Gasteiger partial charge in [0, 0.05) is 11.5 Å². The molecule has 2 rings (SSSR count). The van der Waals surface area contributed by atoms with Gasteiger partial charge in [0.25, 0.3) is 0 Å². The maximum Gasteiger partial charge on any atom is 0.416 e. The van der Waals surface area contributed by atoms with Crippen LogP contribution in [0.15, 0.2) is 30.6 Å². The molecule has 1 aromatic heterocycles. The van der Waals surface area contributed by atoms with Crippen molar-refractivity contribution in [1.29, 1.82) is 0 Å². The van der Waals surface area contributed by atoms with E-state index >= 15 is 0 Å². The van der Waals surface area contributed by atoms with Crippen LogP contribution in [0.4, 0.5) is 13.2 Å². The minimum atomic E-state index is -4.36. The molecule has 0 aliphatic carbocycles. The summed E-state index contributed by atoms with van der Waals surface area (Å²) in [6, 6.07) is 4.19. The van der Waals surface area contributed by atoms with Gasteiger partial charge in [0.15, 0.2) is 0 Å². The van der Waals surface area contributed by atoms with E-state index in [1.807, 2.05) is 0 Å². The molecule has 0 unspecified atom stereocenters. The predicted molar refractivity (Wildman–Crippen MR) is 73.9 cm³/mol. The van der Waals surface area contributed by atoms with Crippen LogP contribution in [0, 0.1) is 3.57 Å². The van der Waals surface area contributed by atoms with Gasteiger partial charge in [0.1, 0.15) is 0 Å². The van der Waals surface area contributed by atoms with Crippen LogP contribution in [0.1, 0.15) is 11.1 Å². The number of benzene rings is 1. The molecule has 2 aromatic rings. The molecule has 0 aliphatic rings. The first-order valence-electron chi connectivity index (χ1n) is 4.88. The van der Waals surface area contributed by atoms with Gasteiger partial charge in [-0.1, -0.05) is 22.0 Å². The number of hydrogen-bond acceptors (Lipinski definition) is 1. The topological polar surface area (TPSA) is 17.8 Å². The van der Waals surface area contributed by atoms with Crippen LogP contribution in [0.25, 0.3) is 5.69 Å². The molecule has 0 fully saturated rings. The second kappa shape index (κ2) is 5.20. The second-order valence-electron chi connectivity index (χ2n) is 3.58. The molecule has 0 spiro atoms. The molecule has 0 radical (unpaired) electrons. The van der Waals surface area contributed by atoms with Crippen LogP contribution in [-0.2, 0) is 11.5 Å². The van der Waals surface area contributed by atoms with Gasteiger partial charge in [-0.05, 0) is 40.3 Å². The number of rotatable bonds is 2. The van der Waals surface area contributed by atoms with Crippen molar-refractivity contribution < 1.29 is 13.2 Å². The molecule has 0 bridgehead atoms. The zero-order chi connectivity index (χ0) is 13.3. The fourth-order valence-electron chi connectivity index (χ4n) is 1.53. The highest BCUT2D eigenvalue weighted by Crippen LogP contribution is 2.34. The monoisotopic (exact) mass is 430 g/mol. The molecule has 7 heteroatoms. The van der Waals surface area contributed by atoms with Gasteiger partial charge < -0.3 is 0 Å². The van der Waals surface area contributed by atoms with Crippen molar-refractivity contribution in [2.75, 3.05) is 0 Å². The molecule has 0 atom stereocenters. The van der Waals surface area contributed by atoms with E-state index in [1.54, 1.807) is 18.5 Å². The summed E-state index contributed by atoms with van der Waals surface area (Å²) in [6.07, 6.45) is -1.10. The number of aromatic nitrogens is 2. The lowest BCUT2D eigenvalue weighted by molar-refractivity contribution is -0.138. The van der Waals surface area contributed by atoms with Gasteiger partial charge in [-0.3, -0.25) is 0 Å². The molecule has 0 aliphatic heterocycles. The van der Waals surface area contributed by atoms with Gasteiger partial charge in [-0.25, -0.2) is 4.68 Å². The maximum absolute atomic E-state index is 12.9. The fraction of sp³-hybridized carbons (Fsp3) is 0.182. The number of nitrogens with zero attached hydrogens (tertiary/aromatic N) is 2. The van der Waals surface area contributed by atoms with Gasteiger partial charge in [-0.15, -0.1) is 0 Å². The van der Waals surface area contributed by atoms with Gasteiger partial charge >= 0.3 is 6.18 Å². The first kappa shape index (κ1) is 13.9. The maximum atomic E-state index is 12.9. The Morgan fingerprint density at radius 2 is 2.06 bits per heavy atom. The smallest absolute Gasteiger partial charge is 0.240 e. The quantitative estimate of drug-likeness (QED) is 0.510. The Labute approximate surface area is 123 Å². The molecule has 1 aromatic carbocycles. The van der Waals surface area contributed by atoms with E-state index in [-0.39, 0.29) is 10.9 Å². The van der Waals surface area contributed by atoms with Crippen LogP contribution >= 0.6 is 38.5 Å². The standard InChI is InChI=1S/C11H7BrF3IN2/c12-4-7-1-2-9(3-10(7)11(13,14)15)18-6-8(16)5-17-18/h1-3,5-6H,4H2. The van der Waals surface area contributed by atoms with Crippen molar-refractivity contribution in [1.82, 2.24) is 9.78 Å². The van der Waals surface area contributed by atoms with E-state index in [1.165, 1.54) is 10.7 Å². The third-order valence-electron chi connectivity index (χ3n) is 2.36. The van der Waals surface area contributed by atoms with Crippen LogP contribution < -0.4 is 0 Å². The first-order chi connectivity index (χ1) is 8.41. The lowest BCUT2D eigenvalue weighted by atomic mass is 10.1. The highest BCUT2D eigenvalue weighted by Gasteiger charge is 2.33. The summed E-state index contributed by atoms with van der Waals surface area (Å²) in [5, 5.41) is 4.16. The van der Waals surface area contributed by atoms with E-state index in [4.69, 9.17) is 0 Å². The molecule has 0 saturated heterocycles. The fourth-order valence-corrected chi connectivity index (χ4v) is 2.41. The number of halogens is 5. The lowest BCUT2D eigenvalue weighted by Crippen LogP contribution is -2.10. The average molecular weight is 431 g/mol. The van der Waals surface area contributed by atoms with E-state index in [0.29, 0.717) is 5.69 Å². The number of alkyl halides is 4. The van der Waals surface area contributed by atoms with E-state index in [0.717, 1.165) is 9.64 Å². The highest BCUT2D eigenvalue weighted by atomic mass is 127. The summed E-state index contributed by atoms with van der Waals surface area (Å²) < 4.78 is 40.9. The highest BCUT2D eigenvalue weighted by molar-refractivity contribution is 14.1. The third kappa shape index (κ3) is 2.87. The van der Waals surface area contributed by atoms with Gasteiger partial charge in [-0.2, -0.15) is 18.3 Å². The van der Waals surface area contributed by atoms with Crippen molar-refractivity contribution in [3.8, 4) is 5.69 Å². The molecule has 96 valence electrons. The largest absolute Gasteiger partial charge is 0.416 e. The van der Waals surface area contributed by atoms with Gasteiger partial charge in [0.05, 0.1) is 21.0 Å². The van der Waals surface area contributed by atoms with Crippen molar-refractivity contribution >= 4 is 38.5 Å². The SMILES string of the molecule is FC(F)(F)c1cc(-n2cc(I)cn2)ccc1CBr. The molecule has 0 N–H and O–H groups in total. The molecule has 0 saturated carbocycles. The van der Waals surface area contributed by atoms with E-state index in [2.05, 4.69) is 43.6 Å². The Balaban J connectivity index is 2.52. The predicted octanol–water partition coefficient (Wildman–Crippen LogP) is 4.39. The Hall–Kier alpha value is -0.570. The summed E-state index contributed by atoms with van der Waals surface area (Å²) in [5.41, 5.74) is -0.0228. The van der Waals surface area contributed by atoms with Crippen LogP contribution in [0.5, 0.6) is 0 Å². The Kier molecular flexibility index (Phi) is 4.00. The first-order valence-corrected chi connectivity index (χ1v) is 7.08. The molecule has 2 nitrogen and oxygen atoms in total. The average Bonchev–Trinajstić information content (AvgIpc) is 2.74. The normalized spacial score (nSPS) is 11.8. The Bertz CT molecular complexity index is 566. The van der Waals surface area contributed by atoms with Crippen molar-refractivity contribution in [3.63, 3.8) is 0 Å². The van der Waals surface area contributed by atoms with Crippen LogP contribution in [-0.4, -0.2) is 9.78 Å². The number of hydrogen-bond donors (Lipinski definition) is 0. The summed E-state index contributed by atoms with van der Waals surface area (Å²) in [6.45, 7) is 0. The Morgan fingerprint density at radius 3 is 2.56 bits per heavy atom. The molecular weight excluding hydrogens is 424 g/mol. The van der Waals surface area contributed by atoms with Crippen molar-refractivity contribution in [2.24, 2.45) is 0 Å². The third-order valence-corrected chi connectivity index (χ3v) is 3.52. The lowest BCUT2D eigenvalue weighted by Gasteiger charge is -2.13. The molecular formula is C11H7BrF3IN2. The molecule has 1 heterocycles. The summed E-state index contributed by atoms with van der Waals surface area (Å²) >= 11 is 5.12. The summed E-state index contributed by atoms with van der Waals surface area (Å²) in [5.74, 6) is 0. The zero-order valence-corrected chi connectivity index (χ0v) is 12.6. The van der Waals surface area contributed by atoms with Crippen molar-refractivity contribution in [2.45, 2.75) is 11.5 Å². The van der Waals surface area contributed by atoms with Crippen molar-refractivity contribution in [3.05, 3.63) is 45.3 Å². The Morgan fingerprint density at radius 1 is 1.33 bits per heavy atom. The summed E-state index contributed by atoms with van der Waals surface area (Å²) in [7, 11) is 0.